The van der Waals surface area contributed by atoms with Crippen LogP contribution in [0.3, 0.4) is 0 Å². The van der Waals surface area contributed by atoms with Crippen LogP contribution in [-0.4, -0.2) is 41.7 Å². The van der Waals surface area contributed by atoms with Crippen LogP contribution in [0.1, 0.15) is 36.8 Å². The second-order valence-corrected chi connectivity index (χ2v) is 5.99. The molecule has 0 bridgehead atoms. The summed E-state index contributed by atoms with van der Waals surface area (Å²) in [7, 11) is 0. The third-order valence-electron chi connectivity index (χ3n) is 4.08. The number of hydrogen-bond acceptors (Lipinski definition) is 4. The van der Waals surface area contributed by atoms with Crippen molar-refractivity contribution < 1.29 is 9.90 Å². The molecule has 1 aromatic rings. The van der Waals surface area contributed by atoms with Gasteiger partial charge in [-0.1, -0.05) is 24.3 Å². The Hall–Kier alpha value is -0.850. The normalized spacial score (nSPS) is 15.2. The first-order valence-electron chi connectivity index (χ1n) is 8.12. The smallest absolute Gasteiger partial charge is 0.220 e. The largest absolute Gasteiger partial charge is 0.393 e. The highest BCUT2D eigenvalue weighted by molar-refractivity contribution is 5.85. The molecule has 0 aromatic heterocycles. The maximum absolute atomic E-state index is 11.5. The summed E-state index contributed by atoms with van der Waals surface area (Å²) in [6.07, 6.45) is 2.84. The van der Waals surface area contributed by atoms with Crippen LogP contribution in [0.4, 0.5) is 0 Å². The first-order valence-corrected chi connectivity index (χ1v) is 8.12. The SMILES string of the molecule is Cl.Cl.NCCCC(=O)NCc1ccc(CN2CCC(O)CC2)cc1. The van der Waals surface area contributed by atoms with E-state index in [-0.39, 0.29) is 36.8 Å². The standard InChI is InChI=1S/C17H27N3O2.2ClH/c18-9-1-2-17(22)19-12-14-3-5-15(6-4-14)13-20-10-7-16(21)8-11-20;;/h3-6,16,21H,1-2,7-13,18H2,(H,19,22);2*1H. The fraction of sp³-hybridized carbons (Fsp3) is 0.588. The van der Waals surface area contributed by atoms with Crippen molar-refractivity contribution in [3.63, 3.8) is 0 Å². The van der Waals surface area contributed by atoms with Gasteiger partial charge in [0.1, 0.15) is 0 Å². The molecular weight excluding hydrogens is 349 g/mol. The van der Waals surface area contributed by atoms with Gasteiger partial charge in [-0.15, -0.1) is 24.8 Å². The van der Waals surface area contributed by atoms with E-state index >= 15 is 0 Å². The quantitative estimate of drug-likeness (QED) is 0.677. The Balaban J connectivity index is 0.00000264. The van der Waals surface area contributed by atoms with Gasteiger partial charge in [0.15, 0.2) is 0 Å². The van der Waals surface area contributed by atoms with Crippen LogP contribution < -0.4 is 11.1 Å². The molecule has 1 amide bonds. The Morgan fingerprint density at radius 3 is 2.33 bits per heavy atom. The number of rotatable bonds is 7. The average Bonchev–Trinajstić information content (AvgIpc) is 2.54. The molecular formula is C17H29Cl2N3O2. The molecule has 0 atom stereocenters. The van der Waals surface area contributed by atoms with Gasteiger partial charge in [-0.3, -0.25) is 9.69 Å². The molecule has 138 valence electrons. The molecule has 1 saturated heterocycles. The second kappa shape index (κ2) is 12.5. The summed E-state index contributed by atoms with van der Waals surface area (Å²) in [5, 5.41) is 12.4. The zero-order valence-electron chi connectivity index (χ0n) is 13.9. The summed E-state index contributed by atoms with van der Waals surface area (Å²) < 4.78 is 0. The van der Waals surface area contributed by atoms with Crippen molar-refractivity contribution in [3.05, 3.63) is 35.4 Å². The number of hydrogen-bond donors (Lipinski definition) is 3. The van der Waals surface area contributed by atoms with E-state index in [0.29, 0.717) is 19.5 Å². The van der Waals surface area contributed by atoms with E-state index in [2.05, 4.69) is 34.5 Å². The monoisotopic (exact) mass is 377 g/mol. The molecule has 1 aromatic carbocycles. The van der Waals surface area contributed by atoms with E-state index in [1.54, 1.807) is 0 Å². The van der Waals surface area contributed by atoms with Crippen LogP contribution in [0, 0.1) is 0 Å². The van der Waals surface area contributed by atoms with Gasteiger partial charge in [0.05, 0.1) is 6.10 Å². The van der Waals surface area contributed by atoms with Crippen LogP contribution in [0.15, 0.2) is 24.3 Å². The molecule has 4 N–H and O–H groups in total. The number of likely N-dealkylation sites (tertiary alicyclic amines) is 1. The van der Waals surface area contributed by atoms with Gasteiger partial charge in [-0.05, 0) is 36.9 Å². The number of halogens is 2. The van der Waals surface area contributed by atoms with Gasteiger partial charge in [-0.25, -0.2) is 0 Å². The number of nitrogens with two attached hydrogens (primary N) is 1. The number of aliphatic hydroxyl groups excluding tert-OH is 1. The first-order chi connectivity index (χ1) is 10.7. The maximum atomic E-state index is 11.5. The van der Waals surface area contributed by atoms with Gasteiger partial charge in [0.25, 0.3) is 0 Å². The van der Waals surface area contributed by atoms with E-state index in [0.717, 1.165) is 44.5 Å². The minimum absolute atomic E-state index is 0. The molecule has 1 heterocycles. The minimum atomic E-state index is -0.124. The van der Waals surface area contributed by atoms with Crippen molar-refractivity contribution in [2.45, 2.75) is 44.9 Å². The second-order valence-electron chi connectivity index (χ2n) is 5.99. The van der Waals surface area contributed by atoms with Gasteiger partial charge < -0.3 is 16.2 Å². The van der Waals surface area contributed by atoms with Crippen LogP contribution in [-0.2, 0) is 17.9 Å². The Labute approximate surface area is 156 Å². The number of aliphatic hydroxyl groups is 1. The molecule has 1 aliphatic rings. The van der Waals surface area contributed by atoms with E-state index < -0.39 is 0 Å². The topological polar surface area (TPSA) is 78.6 Å². The molecule has 0 aliphatic carbocycles. The summed E-state index contributed by atoms with van der Waals surface area (Å²) >= 11 is 0. The molecule has 1 fully saturated rings. The van der Waals surface area contributed by atoms with Gasteiger partial charge in [0, 0.05) is 32.6 Å². The predicted octanol–water partition coefficient (Wildman–Crippen LogP) is 1.84. The van der Waals surface area contributed by atoms with Crippen LogP contribution in [0.5, 0.6) is 0 Å². The van der Waals surface area contributed by atoms with Crippen LogP contribution >= 0.6 is 24.8 Å². The number of amides is 1. The highest BCUT2D eigenvalue weighted by Gasteiger charge is 2.16. The van der Waals surface area contributed by atoms with Crippen molar-refractivity contribution >= 4 is 30.7 Å². The predicted molar refractivity (Wildman–Crippen MR) is 102 cm³/mol. The molecule has 1 aliphatic heterocycles. The zero-order chi connectivity index (χ0) is 15.8. The summed E-state index contributed by atoms with van der Waals surface area (Å²) in [6, 6.07) is 8.37. The lowest BCUT2D eigenvalue weighted by atomic mass is 10.1. The van der Waals surface area contributed by atoms with Crippen molar-refractivity contribution in [2.75, 3.05) is 19.6 Å². The average molecular weight is 378 g/mol. The Kier molecular flexibility index (Phi) is 12.1. The fourth-order valence-corrected chi connectivity index (χ4v) is 2.65. The van der Waals surface area contributed by atoms with E-state index in [1.165, 1.54) is 5.56 Å². The zero-order valence-corrected chi connectivity index (χ0v) is 15.6. The molecule has 0 saturated carbocycles. The maximum Gasteiger partial charge on any atom is 0.220 e. The summed E-state index contributed by atoms with van der Waals surface area (Å²) in [6.45, 7) is 3.96. The lowest BCUT2D eigenvalue weighted by Gasteiger charge is -2.29. The van der Waals surface area contributed by atoms with Gasteiger partial charge in [0.2, 0.25) is 5.91 Å². The summed E-state index contributed by atoms with van der Waals surface area (Å²) in [5.41, 5.74) is 7.77. The third kappa shape index (κ3) is 8.31. The first kappa shape index (κ1) is 23.1. The molecule has 0 unspecified atom stereocenters. The molecule has 7 heteroatoms. The molecule has 24 heavy (non-hydrogen) atoms. The minimum Gasteiger partial charge on any atom is -0.393 e. The lowest BCUT2D eigenvalue weighted by molar-refractivity contribution is -0.121. The fourth-order valence-electron chi connectivity index (χ4n) is 2.65. The van der Waals surface area contributed by atoms with E-state index in [4.69, 9.17) is 5.73 Å². The highest BCUT2D eigenvalue weighted by Crippen LogP contribution is 2.14. The van der Waals surface area contributed by atoms with Crippen molar-refractivity contribution in [3.8, 4) is 0 Å². The van der Waals surface area contributed by atoms with Crippen molar-refractivity contribution in [2.24, 2.45) is 5.73 Å². The highest BCUT2D eigenvalue weighted by atomic mass is 35.5. The van der Waals surface area contributed by atoms with Crippen LogP contribution in [0.25, 0.3) is 0 Å². The Bertz CT molecular complexity index is 463. The Morgan fingerprint density at radius 1 is 1.17 bits per heavy atom. The van der Waals surface area contributed by atoms with Crippen molar-refractivity contribution in [1.82, 2.24) is 10.2 Å². The number of benzene rings is 1. The number of carbonyl (C=O) groups is 1. The molecule has 5 nitrogen and oxygen atoms in total. The summed E-state index contributed by atoms with van der Waals surface area (Å²) in [4.78, 5) is 13.9. The van der Waals surface area contributed by atoms with Gasteiger partial charge in [-0.2, -0.15) is 0 Å². The van der Waals surface area contributed by atoms with Crippen LogP contribution in [0.2, 0.25) is 0 Å². The van der Waals surface area contributed by atoms with Crippen molar-refractivity contribution in [1.29, 1.82) is 0 Å². The lowest BCUT2D eigenvalue weighted by Crippen LogP contribution is -2.35. The van der Waals surface area contributed by atoms with E-state index in [1.807, 2.05) is 0 Å². The molecule has 2 rings (SSSR count). The number of carbonyl (C=O) groups excluding carboxylic acids is 1. The summed E-state index contributed by atoms with van der Waals surface area (Å²) in [5.74, 6) is 0.0569. The van der Waals surface area contributed by atoms with E-state index in [9.17, 15) is 9.90 Å². The number of nitrogens with zero attached hydrogens (tertiary/aromatic N) is 1. The number of piperidine rings is 1. The number of nitrogens with one attached hydrogen (secondary N) is 1. The third-order valence-corrected chi connectivity index (χ3v) is 4.08. The molecule has 0 spiro atoms. The van der Waals surface area contributed by atoms with Gasteiger partial charge >= 0.3 is 0 Å². The molecule has 0 radical (unpaired) electrons. The Morgan fingerprint density at radius 2 is 1.75 bits per heavy atom.